The standard InChI is InChI=1S/C13H22N2O3/c1-9(11-3-4-11)14(2)13(18)15-6-5-10(8-15)7-12(16)17/h9-11H,3-8H2,1-2H3,(H,16,17). The number of carboxylic acid groups (broad SMARTS) is 1. The highest BCUT2D eigenvalue weighted by molar-refractivity contribution is 5.75. The molecule has 2 aliphatic rings. The molecular weight excluding hydrogens is 232 g/mol. The fourth-order valence-electron chi connectivity index (χ4n) is 2.71. The lowest BCUT2D eigenvalue weighted by Gasteiger charge is -2.29. The molecule has 1 aliphatic heterocycles. The Morgan fingerprint density at radius 3 is 2.61 bits per heavy atom. The maximum absolute atomic E-state index is 12.3. The maximum atomic E-state index is 12.3. The van der Waals surface area contributed by atoms with Crippen LogP contribution in [0.4, 0.5) is 4.79 Å². The van der Waals surface area contributed by atoms with Gasteiger partial charge < -0.3 is 14.9 Å². The van der Waals surface area contributed by atoms with E-state index in [-0.39, 0.29) is 18.4 Å². The lowest BCUT2D eigenvalue weighted by atomic mass is 10.1. The summed E-state index contributed by atoms with van der Waals surface area (Å²) in [6.07, 6.45) is 3.43. The van der Waals surface area contributed by atoms with Gasteiger partial charge in [-0.1, -0.05) is 0 Å². The third kappa shape index (κ3) is 2.94. The highest BCUT2D eigenvalue weighted by Gasteiger charge is 2.36. The van der Waals surface area contributed by atoms with E-state index in [2.05, 4.69) is 6.92 Å². The summed E-state index contributed by atoms with van der Waals surface area (Å²) in [6.45, 7) is 3.38. The predicted molar refractivity (Wildman–Crippen MR) is 67.3 cm³/mol. The first kappa shape index (κ1) is 13.2. The van der Waals surface area contributed by atoms with Crippen molar-refractivity contribution in [3.05, 3.63) is 0 Å². The smallest absolute Gasteiger partial charge is 0.319 e. The highest BCUT2D eigenvalue weighted by atomic mass is 16.4. The van der Waals surface area contributed by atoms with Crippen LogP contribution in [0.1, 0.15) is 32.6 Å². The van der Waals surface area contributed by atoms with Crippen LogP contribution in [-0.2, 0) is 4.79 Å². The zero-order valence-electron chi connectivity index (χ0n) is 11.1. The predicted octanol–water partition coefficient (Wildman–Crippen LogP) is 1.63. The lowest BCUT2D eigenvalue weighted by molar-refractivity contribution is -0.138. The van der Waals surface area contributed by atoms with Crippen molar-refractivity contribution in [1.29, 1.82) is 0 Å². The Labute approximate surface area is 108 Å². The number of amides is 2. The molecule has 2 rings (SSSR count). The quantitative estimate of drug-likeness (QED) is 0.829. The molecule has 1 aliphatic carbocycles. The molecule has 0 aromatic carbocycles. The molecule has 2 unspecified atom stereocenters. The first-order valence-corrected chi connectivity index (χ1v) is 6.72. The van der Waals surface area contributed by atoms with Gasteiger partial charge in [-0.25, -0.2) is 4.79 Å². The van der Waals surface area contributed by atoms with Crippen LogP contribution in [0.15, 0.2) is 0 Å². The minimum Gasteiger partial charge on any atom is -0.481 e. The van der Waals surface area contributed by atoms with E-state index < -0.39 is 5.97 Å². The molecule has 0 bridgehead atoms. The number of aliphatic carboxylic acids is 1. The minimum absolute atomic E-state index is 0.0577. The summed E-state index contributed by atoms with van der Waals surface area (Å²) in [5.41, 5.74) is 0. The Balaban J connectivity index is 1.84. The van der Waals surface area contributed by atoms with Gasteiger partial charge in [0.25, 0.3) is 0 Å². The number of carbonyl (C=O) groups excluding carboxylic acids is 1. The second-order valence-corrected chi connectivity index (χ2v) is 5.67. The van der Waals surface area contributed by atoms with Crippen molar-refractivity contribution in [2.24, 2.45) is 11.8 Å². The van der Waals surface area contributed by atoms with Crippen molar-refractivity contribution in [2.45, 2.75) is 38.6 Å². The Hall–Kier alpha value is -1.26. The van der Waals surface area contributed by atoms with Crippen molar-refractivity contribution < 1.29 is 14.7 Å². The van der Waals surface area contributed by atoms with E-state index in [1.807, 2.05) is 11.9 Å². The molecule has 2 amide bonds. The van der Waals surface area contributed by atoms with Gasteiger partial charge >= 0.3 is 12.0 Å². The minimum atomic E-state index is -0.769. The van der Waals surface area contributed by atoms with E-state index in [1.54, 1.807) is 4.90 Å². The van der Waals surface area contributed by atoms with Crippen LogP contribution in [0.2, 0.25) is 0 Å². The Kier molecular flexibility index (Phi) is 3.78. The number of carbonyl (C=O) groups is 2. The largest absolute Gasteiger partial charge is 0.481 e. The van der Waals surface area contributed by atoms with Crippen LogP contribution in [0.25, 0.3) is 0 Å². The van der Waals surface area contributed by atoms with Crippen LogP contribution >= 0.6 is 0 Å². The van der Waals surface area contributed by atoms with Gasteiger partial charge in [0.1, 0.15) is 0 Å². The van der Waals surface area contributed by atoms with E-state index >= 15 is 0 Å². The van der Waals surface area contributed by atoms with E-state index in [0.717, 1.165) is 6.42 Å². The first-order chi connectivity index (χ1) is 8.49. The second-order valence-electron chi connectivity index (χ2n) is 5.67. The van der Waals surface area contributed by atoms with Crippen LogP contribution in [0.3, 0.4) is 0 Å². The Morgan fingerprint density at radius 2 is 2.06 bits per heavy atom. The van der Waals surface area contributed by atoms with Crippen LogP contribution in [0, 0.1) is 11.8 Å². The van der Waals surface area contributed by atoms with Crippen LogP contribution in [-0.4, -0.2) is 53.1 Å². The molecule has 2 fully saturated rings. The molecule has 0 spiro atoms. The fourth-order valence-corrected chi connectivity index (χ4v) is 2.71. The Morgan fingerprint density at radius 1 is 1.39 bits per heavy atom. The van der Waals surface area contributed by atoms with Gasteiger partial charge in [0, 0.05) is 32.6 Å². The third-order valence-electron chi connectivity index (χ3n) is 4.24. The number of nitrogens with zero attached hydrogens (tertiary/aromatic N) is 2. The average Bonchev–Trinajstić information content (AvgIpc) is 3.07. The molecule has 102 valence electrons. The normalized spacial score (nSPS) is 25.0. The molecule has 1 saturated heterocycles. The van der Waals surface area contributed by atoms with Crippen LogP contribution in [0.5, 0.6) is 0 Å². The second kappa shape index (κ2) is 5.16. The molecule has 18 heavy (non-hydrogen) atoms. The topological polar surface area (TPSA) is 60.9 Å². The molecule has 0 radical (unpaired) electrons. The highest BCUT2D eigenvalue weighted by Crippen LogP contribution is 2.35. The summed E-state index contributed by atoms with van der Waals surface area (Å²) in [6, 6.07) is 0.360. The monoisotopic (exact) mass is 254 g/mol. The van der Waals surface area contributed by atoms with E-state index in [9.17, 15) is 9.59 Å². The molecule has 1 saturated carbocycles. The summed E-state index contributed by atoms with van der Waals surface area (Å²) in [5.74, 6) is 0.0152. The van der Waals surface area contributed by atoms with E-state index in [4.69, 9.17) is 5.11 Å². The average molecular weight is 254 g/mol. The number of carboxylic acids is 1. The SMILES string of the molecule is CC(C1CC1)N(C)C(=O)N1CCC(CC(=O)O)C1. The van der Waals surface area contributed by atoms with Gasteiger partial charge in [-0.2, -0.15) is 0 Å². The van der Waals surface area contributed by atoms with Crippen molar-refractivity contribution in [2.75, 3.05) is 20.1 Å². The number of likely N-dealkylation sites (tertiary alicyclic amines) is 1. The van der Waals surface area contributed by atoms with Gasteiger partial charge in [-0.05, 0) is 38.0 Å². The third-order valence-corrected chi connectivity index (χ3v) is 4.24. The fraction of sp³-hybridized carbons (Fsp3) is 0.846. The molecular formula is C13H22N2O3. The first-order valence-electron chi connectivity index (χ1n) is 6.72. The van der Waals surface area contributed by atoms with Gasteiger partial charge in [0.05, 0.1) is 0 Å². The number of hydrogen-bond donors (Lipinski definition) is 1. The van der Waals surface area contributed by atoms with Gasteiger partial charge in [-0.3, -0.25) is 4.79 Å². The van der Waals surface area contributed by atoms with Crippen molar-refractivity contribution in [1.82, 2.24) is 9.80 Å². The van der Waals surface area contributed by atoms with E-state index in [1.165, 1.54) is 12.8 Å². The molecule has 5 heteroatoms. The van der Waals surface area contributed by atoms with Crippen LogP contribution < -0.4 is 0 Å². The summed E-state index contributed by atoms with van der Waals surface area (Å²) >= 11 is 0. The van der Waals surface area contributed by atoms with Crippen molar-refractivity contribution in [3.63, 3.8) is 0 Å². The molecule has 0 aromatic heterocycles. The Bertz CT molecular complexity index is 341. The van der Waals surface area contributed by atoms with Crippen molar-refractivity contribution >= 4 is 12.0 Å². The summed E-state index contributed by atoms with van der Waals surface area (Å²) in [5, 5.41) is 8.76. The number of urea groups is 1. The van der Waals surface area contributed by atoms with Crippen molar-refractivity contribution in [3.8, 4) is 0 Å². The summed E-state index contributed by atoms with van der Waals surface area (Å²) in [7, 11) is 1.86. The van der Waals surface area contributed by atoms with Gasteiger partial charge in [0.15, 0.2) is 0 Å². The summed E-state index contributed by atoms with van der Waals surface area (Å²) < 4.78 is 0. The number of hydrogen-bond acceptors (Lipinski definition) is 2. The zero-order chi connectivity index (χ0) is 13.3. The molecule has 0 aromatic rings. The lowest BCUT2D eigenvalue weighted by Crippen LogP contribution is -2.45. The molecule has 5 nitrogen and oxygen atoms in total. The van der Waals surface area contributed by atoms with Gasteiger partial charge in [-0.15, -0.1) is 0 Å². The molecule has 1 N–H and O–H groups in total. The summed E-state index contributed by atoms with van der Waals surface area (Å²) in [4.78, 5) is 26.5. The maximum Gasteiger partial charge on any atom is 0.319 e. The molecule has 1 heterocycles. The number of rotatable bonds is 4. The van der Waals surface area contributed by atoms with Gasteiger partial charge in [0.2, 0.25) is 0 Å². The van der Waals surface area contributed by atoms with E-state index in [0.29, 0.717) is 25.0 Å². The zero-order valence-corrected chi connectivity index (χ0v) is 11.1. The molecule has 2 atom stereocenters.